The van der Waals surface area contributed by atoms with Gasteiger partial charge in [0.1, 0.15) is 11.4 Å². The first-order valence-electron chi connectivity index (χ1n) is 4.80. The van der Waals surface area contributed by atoms with E-state index in [-0.39, 0.29) is 0 Å². The summed E-state index contributed by atoms with van der Waals surface area (Å²) in [4.78, 5) is 0. The molecule has 0 saturated carbocycles. The molecule has 0 fully saturated rings. The third kappa shape index (κ3) is 0.947. The average molecular weight is 222 g/mol. The van der Waals surface area contributed by atoms with Gasteiger partial charge in [0.15, 0.2) is 12.5 Å². The summed E-state index contributed by atoms with van der Waals surface area (Å²) in [5, 5.41) is 35.4. The van der Waals surface area contributed by atoms with Crippen LogP contribution in [0.15, 0.2) is 0 Å². The molecule has 0 amide bonds. The maximum Gasteiger partial charge on any atom is 0.194 e. The van der Waals surface area contributed by atoms with Crippen LogP contribution in [0.4, 0.5) is 0 Å². The predicted octanol–water partition coefficient (Wildman–Crippen LogP) is -1.12. The lowest BCUT2D eigenvalue weighted by Gasteiger charge is -2.25. The van der Waals surface area contributed by atoms with Gasteiger partial charge in [-0.15, -0.1) is 10.2 Å². The van der Waals surface area contributed by atoms with Crippen molar-refractivity contribution in [2.75, 3.05) is 0 Å². The maximum absolute atomic E-state index is 10.1. The Kier molecular flexibility index (Phi) is 1.69. The molecule has 8 nitrogen and oxygen atoms in total. The summed E-state index contributed by atoms with van der Waals surface area (Å²) in [6.45, 7) is 3.42. The lowest BCUT2D eigenvalue weighted by Crippen LogP contribution is -2.30. The van der Waals surface area contributed by atoms with Gasteiger partial charge in [0.05, 0.1) is 11.4 Å². The minimum atomic E-state index is -1.01. The standard InChI is InChI=1S/C8H10N6O2/c1-3-5-7(15)14-6(4(2)10-12-14)8(16)13(5)11-9-3/h7-8,15-16H,1-2H3/t7-,8-/m1/s1. The zero-order valence-corrected chi connectivity index (χ0v) is 8.73. The first-order valence-corrected chi connectivity index (χ1v) is 4.80. The Hall–Kier alpha value is -1.80. The van der Waals surface area contributed by atoms with Gasteiger partial charge in [-0.05, 0) is 13.8 Å². The van der Waals surface area contributed by atoms with E-state index in [2.05, 4.69) is 20.6 Å². The molecule has 0 radical (unpaired) electrons. The lowest BCUT2D eigenvalue weighted by atomic mass is 10.2. The van der Waals surface area contributed by atoms with Crippen LogP contribution < -0.4 is 0 Å². The fourth-order valence-electron chi connectivity index (χ4n) is 1.96. The van der Waals surface area contributed by atoms with E-state index in [4.69, 9.17) is 0 Å². The van der Waals surface area contributed by atoms with Gasteiger partial charge in [-0.1, -0.05) is 10.4 Å². The molecule has 0 bridgehead atoms. The summed E-state index contributed by atoms with van der Waals surface area (Å²) in [5.41, 5.74) is 1.99. The normalized spacial score (nSPS) is 23.0. The highest BCUT2D eigenvalue weighted by Gasteiger charge is 2.35. The van der Waals surface area contributed by atoms with Crippen molar-refractivity contribution in [1.29, 1.82) is 0 Å². The van der Waals surface area contributed by atoms with Gasteiger partial charge in [-0.3, -0.25) is 0 Å². The SMILES string of the molecule is Cc1nnn2c1[C@@H](O)n1nnc(C)c1[C@H]2O. The summed E-state index contributed by atoms with van der Waals surface area (Å²) in [6.07, 6.45) is -2.01. The van der Waals surface area contributed by atoms with Crippen molar-refractivity contribution in [2.24, 2.45) is 0 Å². The van der Waals surface area contributed by atoms with E-state index in [1.54, 1.807) is 13.8 Å². The number of hydrogen-bond donors (Lipinski definition) is 2. The summed E-state index contributed by atoms with van der Waals surface area (Å²) in [7, 11) is 0. The van der Waals surface area contributed by atoms with Crippen LogP contribution in [0.25, 0.3) is 0 Å². The number of aryl methyl sites for hydroxylation is 2. The fourth-order valence-corrected chi connectivity index (χ4v) is 1.96. The zero-order valence-electron chi connectivity index (χ0n) is 8.73. The molecule has 8 heteroatoms. The average Bonchev–Trinajstić information content (AvgIpc) is 2.80. The van der Waals surface area contributed by atoms with Gasteiger partial charge in [0.2, 0.25) is 0 Å². The molecule has 16 heavy (non-hydrogen) atoms. The molecule has 0 spiro atoms. The Balaban J connectivity index is 2.29. The van der Waals surface area contributed by atoms with Crippen molar-refractivity contribution < 1.29 is 10.2 Å². The highest BCUT2D eigenvalue weighted by molar-refractivity contribution is 5.23. The highest BCUT2D eigenvalue weighted by Crippen LogP contribution is 2.31. The molecule has 3 heterocycles. The number of rotatable bonds is 0. The van der Waals surface area contributed by atoms with Crippen LogP contribution >= 0.6 is 0 Å². The van der Waals surface area contributed by atoms with Crippen LogP contribution in [0.5, 0.6) is 0 Å². The molecular weight excluding hydrogens is 212 g/mol. The highest BCUT2D eigenvalue weighted by atomic mass is 16.3. The largest absolute Gasteiger partial charge is 0.366 e. The topological polar surface area (TPSA) is 102 Å². The molecule has 2 atom stereocenters. The molecule has 2 aromatic heterocycles. The van der Waals surface area contributed by atoms with Crippen LogP contribution in [-0.2, 0) is 0 Å². The summed E-state index contributed by atoms with van der Waals surface area (Å²) in [5.74, 6) is 0. The monoisotopic (exact) mass is 222 g/mol. The number of hydrogen-bond acceptors (Lipinski definition) is 6. The molecule has 3 rings (SSSR count). The van der Waals surface area contributed by atoms with E-state index < -0.39 is 12.5 Å². The van der Waals surface area contributed by atoms with Gasteiger partial charge >= 0.3 is 0 Å². The third-order valence-electron chi connectivity index (χ3n) is 2.77. The van der Waals surface area contributed by atoms with Crippen LogP contribution in [-0.4, -0.2) is 40.2 Å². The quantitative estimate of drug-likeness (QED) is 0.585. The van der Waals surface area contributed by atoms with Crippen molar-refractivity contribution in [3.8, 4) is 0 Å². The second kappa shape index (κ2) is 2.86. The van der Waals surface area contributed by atoms with Crippen LogP contribution in [0, 0.1) is 13.8 Å². The molecule has 0 aromatic carbocycles. The third-order valence-corrected chi connectivity index (χ3v) is 2.77. The smallest absolute Gasteiger partial charge is 0.194 e. The molecular formula is C8H10N6O2. The number of fused-ring (bicyclic) bond motifs is 2. The minimum absolute atomic E-state index is 0.435. The summed E-state index contributed by atoms with van der Waals surface area (Å²) in [6, 6.07) is 0. The molecule has 0 aliphatic carbocycles. The van der Waals surface area contributed by atoms with Gasteiger partial charge in [0, 0.05) is 0 Å². The Morgan fingerprint density at radius 1 is 0.875 bits per heavy atom. The Bertz CT molecular complexity index is 509. The van der Waals surface area contributed by atoms with E-state index in [0.717, 1.165) is 0 Å². The molecule has 1 aliphatic heterocycles. The van der Waals surface area contributed by atoms with Crippen LogP contribution in [0.3, 0.4) is 0 Å². The maximum atomic E-state index is 10.1. The predicted molar refractivity (Wildman–Crippen MR) is 50.2 cm³/mol. The second-order valence-corrected chi connectivity index (χ2v) is 3.76. The van der Waals surface area contributed by atoms with Crippen LogP contribution in [0.2, 0.25) is 0 Å². The van der Waals surface area contributed by atoms with E-state index in [0.29, 0.717) is 22.8 Å². The fraction of sp³-hybridized carbons (Fsp3) is 0.500. The number of aliphatic hydroxyl groups is 2. The van der Waals surface area contributed by atoms with Crippen molar-refractivity contribution in [1.82, 2.24) is 30.0 Å². The lowest BCUT2D eigenvalue weighted by molar-refractivity contribution is 0.0405. The molecule has 1 aliphatic rings. The molecule has 2 aromatic rings. The van der Waals surface area contributed by atoms with Crippen molar-refractivity contribution >= 4 is 0 Å². The van der Waals surface area contributed by atoms with Crippen molar-refractivity contribution in [2.45, 2.75) is 26.3 Å². The Morgan fingerprint density at radius 3 is 1.62 bits per heavy atom. The number of aliphatic hydroxyl groups excluding tert-OH is 2. The second-order valence-electron chi connectivity index (χ2n) is 3.76. The van der Waals surface area contributed by atoms with E-state index in [9.17, 15) is 10.2 Å². The van der Waals surface area contributed by atoms with Crippen molar-refractivity contribution in [3.05, 3.63) is 22.8 Å². The van der Waals surface area contributed by atoms with Crippen molar-refractivity contribution in [3.63, 3.8) is 0 Å². The van der Waals surface area contributed by atoms with E-state index >= 15 is 0 Å². The van der Waals surface area contributed by atoms with Gasteiger partial charge in [-0.2, -0.15) is 0 Å². The van der Waals surface area contributed by atoms with Crippen LogP contribution in [0.1, 0.15) is 35.2 Å². The molecule has 0 saturated heterocycles. The molecule has 2 N–H and O–H groups in total. The van der Waals surface area contributed by atoms with Gasteiger partial charge in [-0.25, -0.2) is 9.36 Å². The first kappa shape index (κ1) is 9.43. The van der Waals surface area contributed by atoms with E-state index in [1.807, 2.05) is 0 Å². The molecule has 84 valence electrons. The first-order chi connectivity index (χ1) is 7.61. The number of nitrogens with zero attached hydrogens (tertiary/aromatic N) is 6. The van der Waals surface area contributed by atoms with Gasteiger partial charge < -0.3 is 10.2 Å². The minimum Gasteiger partial charge on any atom is -0.366 e. The summed E-state index contributed by atoms with van der Waals surface area (Å²) < 4.78 is 2.57. The van der Waals surface area contributed by atoms with E-state index in [1.165, 1.54) is 9.36 Å². The summed E-state index contributed by atoms with van der Waals surface area (Å²) >= 11 is 0. The zero-order chi connectivity index (χ0) is 11.4. The van der Waals surface area contributed by atoms with Gasteiger partial charge in [0.25, 0.3) is 0 Å². The number of aromatic nitrogens is 6. The Labute approximate surface area is 90.1 Å². The molecule has 0 unspecified atom stereocenters. The Morgan fingerprint density at radius 2 is 1.25 bits per heavy atom.